The number of hydrogen-bond acceptors (Lipinski definition) is 2. The van der Waals surface area contributed by atoms with Crippen LogP contribution in [0.4, 0.5) is 0 Å². The minimum Gasteiger partial charge on any atom is -0.393 e. The van der Waals surface area contributed by atoms with Crippen LogP contribution in [0.15, 0.2) is 11.6 Å². The molecule has 0 heterocycles. The molecular formula is C12H18O2. The molecule has 0 amide bonds. The summed E-state index contributed by atoms with van der Waals surface area (Å²) in [6.07, 6.45) is 4.93. The third kappa shape index (κ3) is 1.33. The van der Waals surface area contributed by atoms with Crippen LogP contribution in [0.25, 0.3) is 0 Å². The molecule has 0 aromatic heterocycles. The van der Waals surface area contributed by atoms with Crippen molar-refractivity contribution >= 4 is 5.78 Å². The number of carbonyl (C=O) groups excluding carboxylic acids is 1. The highest BCUT2D eigenvalue weighted by atomic mass is 16.3. The van der Waals surface area contributed by atoms with E-state index >= 15 is 0 Å². The largest absolute Gasteiger partial charge is 0.393 e. The molecule has 1 fully saturated rings. The second-order valence-corrected chi connectivity index (χ2v) is 5.01. The van der Waals surface area contributed by atoms with Gasteiger partial charge in [-0.2, -0.15) is 0 Å². The third-order valence-electron chi connectivity index (χ3n) is 4.13. The monoisotopic (exact) mass is 194 g/mol. The molecule has 1 saturated carbocycles. The van der Waals surface area contributed by atoms with Crippen molar-refractivity contribution in [3.05, 3.63) is 11.6 Å². The average molecular weight is 194 g/mol. The zero-order valence-corrected chi connectivity index (χ0v) is 8.92. The minimum absolute atomic E-state index is 0.0489. The van der Waals surface area contributed by atoms with Crippen LogP contribution in [0.3, 0.4) is 0 Å². The maximum Gasteiger partial charge on any atom is 0.155 e. The van der Waals surface area contributed by atoms with Crippen LogP contribution >= 0.6 is 0 Å². The van der Waals surface area contributed by atoms with Crippen LogP contribution in [0, 0.1) is 11.3 Å². The number of aliphatic hydroxyl groups excluding tert-OH is 1. The summed E-state index contributed by atoms with van der Waals surface area (Å²) in [5.74, 6) is 0.647. The molecule has 0 aromatic rings. The van der Waals surface area contributed by atoms with Crippen molar-refractivity contribution in [2.24, 2.45) is 11.3 Å². The number of ketones is 1. The summed E-state index contributed by atoms with van der Waals surface area (Å²) in [6, 6.07) is 0. The molecular weight excluding hydrogens is 176 g/mol. The predicted octanol–water partition coefficient (Wildman–Crippen LogP) is 2.07. The molecule has 0 saturated heterocycles. The van der Waals surface area contributed by atoms with Gasteiger partial charge in [0.05, 0.1) is 6.10 Å². The summed E-state index contributed by atoms with van der Waals surface area (Å²) in [6.45, 7) is 4.16. The molecule has 0 unspecified atom stereocenters. The van der Waals surface area contributed by atoms with Crippen LogP contribution in [0.5, 0.6) is 0 Å². The van der Waals surface area contributed by atoms with E-state index in [2.05, 4.69) is 6.92 Å². The summed E-state index contributed by atoms with van der Waals surface area (Å²) in [5, 5.41) is 9.97. The topological polar surface area (TPSA) is 37.3 Å². The highest BCUT2D eigenvalue weighted by Gasteiger charge is 2.47. The lowest BCUT2D eigenvalue weighted by Gasteiger charge is -2.33. The fourth-order valence-electron chi connectivity index (χ4n) is 3.12. The van der Waals surface area contributed by atoms with Crippen molar-refractivity contribution in [1.29, 1.82) is 0 Å². The molecule has 2 aliphatic rings. The fourth-order valence-corrected chi connectivity index (χ4v) is 3.12. The van der Waals surface area contributed by atoms with E-state index in [-0.39, 0.29) is 17.3 Å². The fraction of sp³-hybridized carbons (Fsp3) is 0.750. The van der Waals surface area contributed by atoms with Gasteiger partial charge >= 0.3 is 0 Å². The van der Waals surface area contributed by atoms with Crippen molar-refractivity contribution in [1.82, 2.24) is 0 Å². The van der Waals surface area contributed by atoms with Crippen LogP contribution < -0.4 is 0 Å². The van der Waals surface area contributed by atoms with Gasteiger partial charge in [0, 0.05) is 11.8 Å². The first-order valence-corrected chi connectivity index (χ1v) is 5.43. The first kappa shape index (κ1) is 9.91. The van der Waals surface area contributed by atoms with E-state index < -0.39 is 0 Å². The van der Waals surface area contributed by atoms with Gasteiger partial charge in [0.15, 0.2) is 5.78 Å². The van der Waals surface area contributed by atoms with E-state index in [1.54, 1.807) is 6.08 Å². The SMILES string of the molecule is CC1=CC(=O)CC[C@]2(C)[C@H](O)CC[C@H]12. The number of aliphatic hydroxyl groups is 1. The zero-order chi connectivity index (χ0) is 10.3. The Morgan fingerprint density at radius 2 is 2.21 bits per heavy atom. The molecule has 2 rings (SSSR count). The highest BCUT2D eigenvalue weighted by molar-refractivity contribution is 5.90. The Kier molecular flexibility index (Phi) is 2.26. The second-order valence-electron chi connectivity index (χ2n) is 5.01. The highest BCUT2D eigenvalue weighted by Crippen LogP contribution is 2.50. The molecule has 0 aromatic carbocycles. The summed E-state index contributed by atoms with van der Waals surface area (Å²) in [5.41, 5.74) is 1.12. The first-order valence-electron chi connectivity index (χ1n) is 5.43. The lowest BCUT2D eigenvalue weighted by molar-refractivity contribution is -0.115. The zero-order valence-electron chi connectivity index (χ0n) is 8.92. The van der Waals surface area contributed by atoms with Crippen molar-refractivity contribution in [3.8, 4) is 0 Å². The van der Waals surface area contributed by atoms with Gasteiger partial charge in [-0.05, 0) is 38.2 Å². The maximum absolute atomic E-state index is 11.4. The molecule has 14 heavy (non-hydrogen) atoms. The van der Waals surface area contributed by atoms with Gasteiger partial charge in [-0.3, -0.25) is 4.79 Å². The number of hydrogen-bond donors (Lipinski definition) is 1. The summed E-state index contributed by atoms with van der Waals surface area (Å²) in [7, 11) is 0. The van der Waals surface area contributed by atoms with Gasteiger partial charge in [0.2, 0.25) is 0 Å². The maximum atomic E-state index is 11.4. The molecule has 3 atom stereocenters. The number of allylic oxidation sites excluding steroid dienone is 2. The molecule has 0 aliphatic heterocycles. The summed E-state index contributed by atoms with van der Waals surface area (Å²) < 4.78 is 0. The second kappa shape index (κ2) is 3.20. The smallest absolute Gasteiger partial charge is 0.155 e. The van der Waals surface area contributed by atoms with Crippen molar-refractivity contribution in [2.75, 3.05) is 0 Å². The lowest BCUT2D eigenvalue weighted by atomic mass is 9.73. The first-order chi connectivity index (χ1) is 6.54. The number of carbonyl (C=O) groups is 1. The molecule has 78 valence electrons. The molecule has 0 bridgehead atoms. The average Bonchev–Trinajstić information content (AvgIpc) is 2.35. The normalized spacial score (nSPS) is 43.1. The van der Waals surface area contributed by atoms with E-state index in [1.807, 2.05) is 6.92 Å². The van der Waals surface area contributed by atoms with Crippen LogP contribution in [0.2, 0.25) is 0 Å². The Hall–Kier alpha value is -0.630. The van der Waals surface area contributed by atoms with Gasteiger partial charge in [0.25, 0.3) is 0 Å². The molecule has 0 radical (unpaired) electrons. The van der Waals surface area contributed by atoms with E-state index in [1.165, 1.54) is 5.57 Å². The number of fused-ring (bicyclic) bond motifs is 1. The van der Waals surface area contributed by atoms with Crippen LogP contribution in [-0.4, -0.2) is 17.0 Å². The molecule has 0 spiro atoms. The summed E-state index contributed by atoms with van der Waals surface area (Å²) >= 11 is 0. The predicted molar refractivity (Wildman–Crippen MR) is 54.8 cm³/mol. The molecule has 2 nitrogen and oxygen atoms in total. The Morgan fingerprint density at radius 1 is 1.50 bits per heavy atom. The Morgan fingerprint density at radius 3 is 2.93 bits per heavy atom. The Labute approximate surface area is 85.0 Å². The third-order valence-corrected chi connectivity index (χ3v) is 4.13. The van der Waals surface area contributed by atoms with Gasteiger partial charge in [-0.15, -0.1) is 0 Å². The molecule has 2 aliphatic carbocycles. The van der Waals surface area contributed by atoms with Gasteiger partial charge in [-0.25, -0.2) is 0 Å². The van der Waals surface area contributed by atoms with E-state index in [9.17, 15) is 9.90 Å². The van der Waals surface area contributed by atoms with Crippen LogP contribution in [0.1, 0.15) is 39.5 Å². The van der Waals surface area contributed by atoms with E-state index in [0.29, 0.717) is 12.3 Å². The lowest BCUT2D eigenvalue weighted by Crippen LogP contribution is -2.32. The quantitative estimate of drug-likeness (QED) is 0.641. The Bertz CT molecular complexity index is 293. The van der Waals surface area contributed by atoms with Gasteiger partial charge in [0.1, 0.15) is 0 Å². The van der Waals surface area contributed by atoms with Gasteiger partial charge < -0.3 is 5.11 Å². The minimum atomic E-state index is -0.221. The number of rotatable bonds is 0. The van der Waals surface area contributed by atoms with Crippen molar-refractivity contribution in [3.63, 3.8) is 0 Å². The summed E-state index contributed by atoms with van der Waals surface area (Å²) in [4.78, 5) is 11.4. The van der Waals surface area contributed by atoms with Gasteiger partial charge in [-0.1, -0.05) is 12.5 Å². The molecule has 1 N–H and O–H groups in total. The van der Waals surface area contributed by atoms with E-state index in [0.717, 1.165) is 19.3 Å². The Balaban J connectivity index is 2.35. The van der Waals surface area contributed by atoms with E-state index in [4.69, 9.17) is 0 Å². The van der Waals surface area contributed by atoms with Crippen molar-refractivity contribution < 1.29 is 9.90 Å². The standard InChI is InChI=1S/C12H18O2/c1-8-7-9(13)5-6-12(2)10(8)3-4-11(12)14/h7,10-11,14H,3-6H2,1-2H3/t10-,11-,12+/m1/s1. The van der Waals surface area contributed by atoms with Crippen LogP contribution in [-0.2, 0) is 4.79 Å². The van der Waals surface area contributed by atoms with Crippen molar-refractivity contribution in [2.45, 2.75) is 45.6 Å². The molecule has 2 heteroatoms.